The molecule has 1 heterocycles. The van der Waals surface area contributed by atoms with Crippen molar-refractivity contribution in [2.24, 2.45) is 5.10 Å². The van der Waals surface area contributed by atoms with Gasteiger partial charge >= 0.3 is 6.18 Å². The number of nitro benzene ring substituents is 1. The zero-order valence-electron chi connectivity index (χ0n) is 18.6. The quantitative estimate of drug-likeness (QED) is 0.169. The number of alkyl halides is 3. The van der Waals surface area contributed by atoms with Gasteiger partial charge in [-0.25, -0.2) is 4.98 Å². The molecule has 0 amide bonds. The van der Waals surface area contributed by atoms with E-state index in [1.165, 1.54) is 31.5 Å². The lowest BCUT2D eigenvalue weighted by Crippen LogP contribution is -2.05. The molecular weight excluding hydrogens is 465 g/mol. The predicted molar refractivity (Wildman–Crippen MR) is 125 cm³/mol. The number of hydrazone groups is 1. The average Bonchev–Trinajstić information content (AvgIpc) is 2.83. The van der Waals surface area contributed by atoms with E-state index in [9.17, 15) is 23.3 Å². The van der Waals surface area contributed by atoms with Gasteiger partial charge in [-0.2, -0.15) is 18.3 Å². The number of pyridine rings is 1. The monoisotopic (exact) mass is 486 g/mol. The number of halogens is 3. The van der Waals surface area contributed by atoms with E-state index in [1.807, 2.05) is 0 Å². The fraction of sp³-hybridized carbons (Fsp3) is 0.167. The highest BCUT2D eigenvalue weighted by Crippen LogP contribution is 2.34. The number of nitrogens with one attached hydrogen (secondary N) is 1. The molecule has 3 aromatic rings. The van der Waals surface area contributed by atoms with Gasteiger partial charge in [0.25, 0.3) is 5.69 Å². The minimum Gasteiger partial charge on any atom is -0.493 e. The first-order valence-electron chi connectivity index (χ1n) is 10.2. The molecule has 3 rings (SSSR count). The summed E-state index contributed by atoms with van der Waals surface area (Å²) < 4.78 is 49.4. The van der Waals surface area contributed by atoms with Crippen LogP contribution < -0.4 is 14.9 Å². The topological polar surface area (TPSA) is 98.9 Å². The van der Waals surface area contributed by atoms with E-state index in [4.69, 9.17) is 9.47 Å². The van der Waals surface area contributed by atoms with Crippen LogP contribution in [0.4, 0.5) is 24.7 Å². The standard InChI is InChI=1S/C24H21F3N4O4/c1-3-5-18-10-17(13-29-30-22-9-8-19(14-28-22)24(25,26)27)12-21(34-2)23(18)35-15-16-6-4-7-20(11-16)31(32)33/h3-4,6-14H,1,5,15H2,2H3,(H,28,30)/b29-13-. The molecule has 35 heavy (non-hydrogen) atoms. The van der Waals surface area contributed by atoms with Crippen molar-refractivity contribution in [1.29, 1.82) is 0 Å². The van der Waals surface area contributed by atoms with E-state index < -0.39 is 16.7 Å². The maximum atomic E-state index is 12.7. The molecule has 0 aliphatic rings. The maximum Gasteiger partial charge on any atom is 0.417 e. The predicted octanol–water partition coefficient (Wildman–Crippen LogP) is 5.77. The number of hydrogen-bond acceptors (Lipinski definition) is 7. The lowest BCUT2D eigenvalue weighted by atomic mass is 10.1. The van der Waals surface area contributed by atoms with Crippen molar-refractivity contribution in [1.82, 2.24) is 4.98 Å². The highest BCUT2D eigenvalue weighted by Gasteiger charge is 2.30. The van der Waals surface area contributed by atoms with Crippen LogP contribution in [0.1, 0.15) is 22.3 Å². The van der Waals surface area contributed by atoms with E-state index in [2.05, 4.69) is 22.1 Å². The Morgan fingerprint density at radius 1 is 1.23 bits per heavy atom. The molecule has 0 saturated heterocycles. The molecule has 0 aliphatic carbocycles. The van der Waals surface area contributed by atoms with Crippen LogP contribution in [0, 0.1) is 10.1 Å². The van der Waals surface area contributed by atoms with Crippen LogP contribution in [0.25, 0.3) is 0 Å². The molecule has 8 nitrogen and oxygen atoms in total. The van der Waals surface area contributed by atoms with Crippen LogP contribution in [-0.2, 0) is 19.2 Å². The number of ether oxygens (including phenoxy) is 2. The number of hydrogen-bond donors (Lipinski definition) is 1. The van der Waals surface area contributed by atoms with Crippen LogP contribution in [0.3, 0.4) is 0 Å². The molecule has 0 saturated carbocycles. The van der Waals surface area contributed by atoms with E-state index in [1.54, 1.807) is 30.3 Å². The Morgan fingerprint density at radius 2 is 2.03 bits per heavy atom. The second-order valence-corrected chi connectivity index (χ2v) is 7.22. The second-order valence-electron chi connectivity index (χ2n) is 7.22. The van der Waals surface area contributed by atoms with Crippen LogP contribution in [-0.4, -0.2) is 23.2 Å². The molecule has 2 aromatic carbocycles. The normalized spacial score (nSPS) is 11.3. The second kappa shape index (κ2) is 11.1. The maximum absolute atomic E-state index is 12.7. The molecule has 1 N–H and O–H groups in total. The summed E-state index contributed by atoms with van der Waals surface area (Å²) in [6.07, 6.45) is -0.169. The number of benzene rings is 2. The van der Waals surface area contributed by atoms with Gasteiger partial charge in [-0.3, -0.25) is 15.5 Å². The van der Waals surface area contributed by atoms with Crippen molar-refractivity contribution in [3.63, 3.8) is 0 Å². The Labute approximate surface area is 198 Å². The summed E-state index contributed by atoms with van der Waals surface area (Å²) in [7, 11) is 1.47. The largest absolute Gasteiger partial charge is 0.493 e. The minimum absolute atomic E-state index is 0.0361. The number of nitro groups is 1. The molecule has 0 fully saturated rings. The third-order valence-electron chi connectivity index (χ3n) is 4.73. The SMILES string of the molecule is C=CCc1cc(/C=N\Nc2ccc(C(F)(F)F)cn2)cc(OC)c1OCc1cccc([N+](=O)[O-])c1. The van der Waals surface area contributed by atoms with Gasteiger partial charge in [0.2, 0.25) is 0 Å². The average molecular weight is 486 g/mol. The van der Waals surface area contributed by atoms with Crippen molar-refractivity contribution >= 4 is 17.7 Å². The first kappa shape index (κ1) is 25.2. The number of rotatable bonds is 10. The van der Waals surface area contributed by atoms with Crippen molar-refractivity contribution in [2.45, 2.75) is 19.2 Å². The summed E-state index contributed by atoms with van der Waals surface area (Å²) in [5, 5.41) is 15.0. The zero-order valence-corrected chi connectivity index (χ0v) is 18.6. The van der Waals surface area contributed by atoms with Crippen LogP contribution in [0.5, 0.6) is 11.5 Å². The van der Waals surface area contributed by atoms with Crippen molar-refractivity contribution in [3.8, 4) is 11.5 Å². The van der Waals surface area contributed by atoms with Gasteiger partial charge in [0.15, 0.2) is 11.5 Å². The van der Waals surface area contributed by atoms with Crippen LogP contribution >= 0.6 is 0 Å². The lowest BCUT2D eigenvalue weighted by molar-refractivity contribution is -0.384. The van der Waals surface area contributed by atoms with E-state index in [0.717, 1.165) is 17.8 Å². The molecule has 0 aliphatic heterocycles. The molecule has 11 heteroatoms. The van der Waals surface area contributed by atoms with Crippen LogP contribution in [0.15, 0.2) is 72.5 Å². The van der Waals surface area contributed by atoms with Gasteiger partial charge in [-0.15, -0.1) is 6.58 Å². The Hall–Kier alpha value is -4.41. The number of allylic oxidation sites excluding steroid dienone is 1. The third-order valence-corrected chi connectivity index (χ3v) is 4.73. The molecular formula is C24H21F3N4O4. The highest BCUT2D eigenvalue weighted by atomic mass is 19.4. The van der Waals surface area contributed by atoms with Gasteiger partial charge in [0.1, 0.15) is 12.4 Å². The van der Waals surface area contributed by atoms with E-state index >= 15 is 0 Å². The summed E-state index contributed by atoms with van der Waals surface area (Å²) in [5.41, 5.74) is 3.67. The Bertz CT molecular complexity index is 1230. The minimum atomic E-state index is -4.47. The van der Waals surface area contributed by atoms with Gasteiger partial charge in [-0.05, 0) is 41.8 Å². The van der Waals surface area contributed by atoms with Crippen molar-refractivity contribution in [3.05, 3.63) is 99.8 Å². The Balaban J connectivity index is 1.77. The smallest absolute Gasteiger partial charge is 0.417 e. The Morgan fingerprint density at radius 3 is 2.66 bits per heavy atom. The summed E-state index contributed by atoms with van der Waals surface area (Å²) in [4.78, 5) is 14.2. The van der Waals surface area contributed by atoms with Gasteiger partial charge < -0.3 is 9.47 Å². The fourth-order valence-corrected chi connectivity index (χ4v) is 3.10. The third kappa shape index (κ3) is 6.79. The number of methoxy groups -OCH3 is 1. The van der Waals surface area contributed by atoms with Crippen molar-refractivity contribution < 1.29 is 27.6 Å². The van der Waals surface area contributed by atoms with Gasteiger partial charge in [0.05, 0.1) is 23.8 Å². The summed E-state index contributed by atoms with van der Waals surface area (Å²) in [6.45, 7) is 3.83. The molecule has 0 spiro atoms. The molecule has 182 valence electrons. The van der Waals surface area contributed by atoms with Crippen molar-refractivity contribution in [2.75, 3.05) is 12.5 Å². The molecule has 0 bridgehead atoms. The lowest BCUT2D eigenvalue weighted by Gasteiger charge is -2.16. The first-order chi connectivity index (χ1) is 16.7. The summed E-state index contributed by atoms with van der Waals surface area (Å²) >= 11 is 0. The number of nitrogens with zero attached hydrogens (tertiary/aromatic N) is 3. The fourth-order valence-electron chi connectivity index (χ4n) is 3.10. The molecule has 0 atom stereocenters. The molecule has 0 radical (unpaired) electrons. The van der Waals surface area contributed by atoms with E-state index in [-0.39, 0.29) is 18.1 Å². The number of anilines is 1. The van der Waals surface area contributed by atoms with Gasteiger partial charge in [0, 0.05) is 23.9 Å². The highest BCUT2D eigenvalue weighted by molar-refractivity contribution is 5.82. The molecule has 1 aromatic heterocycles. The summed E-state index contributed by atoms with van der Waals surface area (Å²) in [6, 6.07) is 11.7. The number of non-ortho nitro benzene ring substituents is 1. The van der Waals surface area contributed by atoms with Gasteiger partial charge in [-0.1, -0.05) is 18.2 Å². The first-order valence-corrected chi connectivity index (χ1v) is 10.2. The number of aromatic nitrogens is 1. The Kier molecular flexibility index (Phi) is 8.03. The van der Waals surface area contributed by atoms with Crippen LogP contribution in [0.2, 0.25) is 0 Å². The summed E-state index contributed by atoms with van der Waals surface area (Å²) in [5.74, 6) is 1.00. The van der Waals surface area contributed by atoms with E-state index in [0.29, 0.717) is 29.0 Å². The molecule has 0 unspecified atom stereocenters. The zero-order chi connectivity index (χ0) is 25.4.